The molecule has 5 rings (SSSR count). The molecule has 3 aromatic rings. The summed E-state index contributed by atoms with van der Waals surface area (Å²) in [5.41, 5.74) is 4.83. The number of hydrogen-bond donors (Lipinski definition) is 0. The highest BCUT2D eigenvalue weighted by molar-refractivity contribution is 5.92. The van der Waals surface area contributed by atoms with Gasteiger partial charge in [0.25, 0.3) is 5.91 Å². The number of carbonyl (C=O) groups is 2. The maximum atomic E-state index is 13.3. The molecule has 2 amide bonds. The summed E-state index contributed by atoms with van der Waals surface area (Å²) in [6.07, 6.45) is 2.70. The first-order chi connectivity index (χ1) is 18.4. The molecule has 2 aliphatic rings. The molecule has 1 unspecified atom stereocenters. The maximum absolute atomic E-state index is 13.3. The second-order valence-corrected chi connectivity index (χ2v) is 10.4. The number of aromatic nitrogens is 1. The van der Waals surface area contributed by atoms with E-state index >= 15 is 0 Å². The van der Waals surface area contributed by atoms with Gasteiger partial charge >= 0.3 is 0 Å². The minimum Gasteiger partial charge on any atom is -0.484 e. The van der Waals surface area contributed by atoms with Crippen LogP contribution in [0.5, 0.6) is 5.75 Å². The van der Waals surface area contributed by atoms with E-state index in [0.717, 1.165) is 17.5 Å². The summed E-state index contributed by atoms with van der Waals surface area (Å²) in [4.78, 5) is 34.0. The summed E-state index contributed by atoms with van der Waals surface area (Å²) in [5, 5.41) is 0. The van der Waals surface area contributed by atoms with Crippen LogP contribution in [0.3, 0.4) is 0 Å². The Morgan fingerprint density at radius 3 is 2.58 bits per heavy atom. The van der Waals surface area contributed by atoms with Crippen LogP contribution in [0.1, 0.15) is 64.9 Å². The van der Waals surface area contributed by atoms with Gasteiger partial charge < -0.3 is 23.7 Å². The molecule has 38 heavy (non-hydrogen) atoms. The Bertz CT molecular complexity index is 1280. The number of morpholine rings is 1. The van der Waals surface area contributed by atoms with Gasteiger partial charge in [-0.3, -0.25) is 9.59 Å². The third-order valence-corrected chi connectivity index (χ3v) is 7.07. The Kier molecular flexibility index (Phi) is 7.79. The first-order valence-electron chi connectivity index (χ1n) is 13.3. The highest BCUT2D eigenvalue weighted by Crippen LogP contribution is 2.38. The van der Waals surface area contributed by atoms with Gasteiger partial charge in [-0.05, 0) is 48.1 Å². The molecule has 2 aromatic carbocycles. The second kappa shape index (κ2) is 11.4. The molecule has 8 heteroatoms. The highest BCUT2D eigenvalue weighted by atomic mass is 16.5. The minimum atomic E-state index is -0.173. The van der Waals surface area contributed by atoms with Crippen molar-refractivity contribution in [2.45, 2.75) is 46.3 Å². The molecule has 200 valence electrons. The Balaban J connectivity index is 1.35. The molecule has 0 aliphatic carbocycles. The van der Waals surface area contributed by atoms with Crippen molar-refractivity contribution >= 4 is 11.8 Å². The van der Waals surface area contributed by atoms with Crippen LogP contribution in [0.2, 0.25) is 0 Å². The number of nitrogens with zero attached hydrogens (tertiary/aromatic N) is 3. The zero-order valence-electron chi connectivity index (χ0n) is 22.3. The summed E-state index contributed by atoms with van der Waals surface area (Å²) in [5.74, 6) is 1.29. The molecule has 0 spiro atoms. The van der Waals surface area contributed by atoms with Gasteiger partial charge in [0.2, 0.25) is 11.8 Å². The largest absolute Gasteiger partial charge is 0.484 e. The standard InChI is InChI=1S/C30H35N3O5/c1-20(2)16-28(34)33-11-10-22-8-9-24(17-25(22)29(33)23-6-4-21(3)5-7-23)37-19-27-31-26(18-38-27)30(35)32-12-14-36-15-13-32/h4-9,17-18,20,29H,10-16,19H2,1-3H3. The van der Waals surface area contributed by atoms with Gasteiger partial charge in [-0.1, -0.05) is 49.7 Å². The number of hydrogen-bond acceptors (Lipinski definition) is 6. The molecule has 2 aliphatic heterocycles. The molecule has 0 radical (unpaired) electrons. The molecule has 1 aromatic heterocycles. The van der Waals surface area contributed by atoms with Gasteiger partial charge in [-0.15, -0.1) is 0 Å². The van der Waals surface area contributed by atoms with Crippen LogP contribution in [0.4, 0.5) is 0 Å². The van der Waals surface area contributed by atoms with Gasteiger partial charge in [0.05, 0.1) is 19.3 Å². The third-order valence-electron chi connectivity index (χ3n) is 7.07. The molecular formula is C30H35N3O5. The van der Waals surface area contributed by atoms with E-state index in [1.54, 1.807) is 4.90 Å². The van der Waals surface area contributed by atoms with Crippen LogP contribution in [-0.2, 0) is 22.6 Å². The Morgan fingerprint density at radius 2 is 1.84 bits per heavy atom. The van der Waals surface area contributed by atoms with E-state index in [4.69, 9.17) is 13.9 Å². The quantitative estimate of drug-likeness (QED) is 0.457. The SMILES string of the molecule is Cc1ccc(C2c3cc(OCc4nc(C(=O)N5CCOCC5)co4)ccc3CCN2C(=O)CC(C)C)cc1. The van der Waals surface area contributed by atoms with E-state index in [2.05, 4.69) is 56.1 Å². The lowest BCUT2D eigenvalue weighted by atomic mass is 9.87. The van der Waals surface area contributed by atoms with Gasteiger partial charge in [-0.25, -0.2) is 4.98 Å². The van der Waals surface area contributed by atoms with E-state index in [1.807, 2.05) is 17.0 Å². The van der Waals surface area contributed by atoms with Crippen molar-refractivity contribution < 1.29 is 23.5 Å². The summed E-state index contributed by atoms with van der Waals surface area (Å²) in [6, 6.07) is 14.3. The topological polar surface area (TPSA) is 85.1 Å². The van der Waals surface area contributed by atoms with Crippen molar-refractivity contribution in [3.63, 3.8) is 0 Å². The molecule has 1 saturated heterocycles. The highest BCUT2D eigenvalue weighted by Gasteiger charge is 2.32. The molecule has 0 saturated carbocycles. The van der Waals surface area contributed by atoms with Gasteiger partial charge in [0.15, 0.2) is 12.3 Å². The molecule has 8 nitrogen and oxygen atoms in total. The number of ether oxygens (including phenoxy) is 2. The number of benzene rings is 2. The fraction of sp³-hybridized carbons (Fsp3) is 0.433. The van der Waals surface area contributed by atoms with Gasteiger partial charge in [0.1, 0.15) is 12.0 Å². The first kappa shape index (κ1) is 26.0. The van der Waals surface area contributed by atoms with Gasteiger partial charge in [0, 0.05) is 26.1 Å². The number of carbonyl (C=O) groups excluding carboxylic acids is 2. The second-order valence-electron chi connectivity index (χ2n) is 10.4. The summed E-state index contributed by atoms with van der Waals surface area (Å²) < 4.78 is 16.9. The minimum absolute atomic E-state index is 0.0976. The number of oxazole rings is 1. The van der Waals surface area contributed by atoms with Crippen molar-refractivity contribution in [2.24, 2.45) is 5.92 Å². The zero-order valence-corrected chi connectivity index (χ0v) is 22.3. The smallest absolute Gasteiger partial charge is 0.275 e. The normalized spacial score (nSPS) is 17.4. The number of aryl methyl sites for hydroxylation is 1. The van der Waals surface area contributed by atoms with Crippen molar-refractivity contribution in [1.29, 1.82) is 0 Å². The van der Waals surface area contributed by atoms with Crippen molar-refractivity contribution in [3.8, 4) is 5.75 Å². The van der Waals surface area contributed by atoms with Gasteiger partial charge in [-0.2, -0.15) is 0 Å². The summed E-state index contributed by atoms with van der Waals surface area (Å²) in [6.45, 7) is 9.15. The van der Waals surface area contributed by atoms with Crippen molar-refractivity contribution in [3.05, 3.63) is 82.6 Å². The van der Waals surface area contributed by atoms with E-state index in [0.29, 0.717) is 50.9 Å². The first-order valence-corrected chi connectivity index (χ1v) is 13.3. The molecule has 0 bridgehead atoms. The van der Waals surface area contributed by atoms with E-state index in [-0.39, 0.29) is 36.1 Å². The lowest BCUT2D eigenvalue weighted by Crippen LogP contribution is -2.41. The predicted octanol–water partition coefficient (Wildman–Crippen LogP) is 4.55. The molecule has 1 atom stereocenters. The van der Waals surface area contributed by atoms with Crippen LogP contribution in [0, 0.1) is 12.8 Å². The maximum Gasteiger partial charge on any atom is 0.275 e. The fourth-order valence-electron chi connectivity index (χ4n) is 5.08. The van der Waals surface area contributed by atoms with E-state index in [1.165, 1.54) is 17.4 Å². The fourth-order valence-corrected chi connectivity index (χ4v) is 5.08. The summed E-state index contributed by atoms with van der Waals surface area (Å²) in [7, 11) is 0. The zero-order chi connectivity index (χ0) is 26.6. The van der Waals surface area contributed by atoms with Crippen LogP contribution >= 0.6 is 0 Å². The Hall–Kier alpha value is -3.65. The third kappa shape index (κ3) is 5.75. The van der Waals surface area contributed by atoms with Crippen molar-refractivity contribution in [1.82, 2.24) is 14.8 Å². The lowest BCUT2D eigenvalue weighted by molar-refractivity contribution is -0.134. The van der Waals surface area contributed by atoms with Crippen LogP contribution < -0.4 is 4.74 Å². The number of amides is 2. The van der Waals surface area contributed by atoms with E-state index in [9.17, 15) is 9.59 Å². The predicted molar refractivity (Wildman–Crippen MR) is 142 cm³/mol. The van der Waals surface area contributed by atoms with Crippen LogP contribution in [-0.4, -0.2) is 59.4 Å². The molecule has 3 heterocycles. The van der Waals surface area contributed by atoms with Crippen LogP contribution in [0.15, 0.2) is 53.1 Å². The monoisotopic (exact) mass is 517 g/mol. The Labute approximate surface area is 223 Å². The average Bonchev–Trinajstić information content (AvgIpc) is 3.40. The van der Waals surface area contributed by atoms with Crippen molar-refractivity contribution in [2.75, 3.05) is 32.8 Å². The molecule has 0 N–H and O–H groups in total. The molecule has 1 fully saturated rings. The molecular weight excluding hydrogens is 482 g/mol. The van der Waals surface area contributed by atoms with E-state index < -0.39 is 0 Å². The lowest BCUT2D eigenvalue weighted by Gasteiger charge is -2.38. The summed E-state index contributed by atoms with van der Waals surface area (Å²) >= 11 is 0. The Morgan fingerprint density at radius 1 is 1.08 bits per heavy atom. The van der Waals surface area contributed by atoms with Crippen LogP contribution in [0.25, 0.3) is 0 Å². The number of rotatable bonds is 7. The number of fused-ring (bicyclic) bond motifs is 1. The average molecular weight is 518 g/mol.